The van der Waals surface area contributed by atoms with Crippen molar-refractivity contribution in [1.29, 1.82) is 5.26 Å². The van der Waals surface area contributed by atoms with E-state index in [0.29, 0.717) is 24.5 Å². The van der Waals surface area contributed by atoms with Crippen LogP contribution in [0.2, 0.25) is 0 Å². The molecule has 31 heavy (non-hydrogen) atoms. The van der Waals surface area contributed by atoms with E-state index in [1.807, 2.05) is 35.0 Å². The van der Waals surface area contributed by atoms with Crippen LogP contribution in [0.4, 0.5) is 10.1 Å². The van der Waals surface area contributed by atoms with Gasteiger partial charge in [-0.05, 0) is 47.7 Å². The zero-order valence-electron chi connectivity index (χ0n) is 16.7. The number of hydrogen-bond acceptors (Lipinski definition) is 5. The van der Waals surface area contributed by atoms with E-state index in [1.54, 1.807) is 13.0 Å². The molecule has 0 spiro atoms. The van der Waals surface area contributed by atoms with Crippen LogP contribution in [0.1, 0.15) is 17.8 Å². The second kappa shape index (κ2) is 8.59. The van der Waals surface area contributed by atoms with Crippen molar-refractivity contribution in [3.8, 4) is 11.8 Å². The minimum atomic E-state index is -0.565. The van der Waals surface area contributed by atoms with Crippen molar-refractivity contribution >= 4 is 28.6 Å². The molecular weight excluding hydrogens is 397 g/mol. The number of halogens is 1. The van der Waals surface area contributed by atoms with Crippen LogP contribution >= 0.6 is 0 Å². The van der Waals surface area contributed by atoms with E-state index in [9.17, 15) is 9.18 Å². The molecule has 0 saturated carbocycles. The minimum Gasteiger partial charge on any atom is -0.346 e. The van der Waals surface area contributed by atoms with Crippen LogP contribution in [-0.2, 0) is 11.3 Å². The number of nitriles is 1. The first-order chi connectivity index (χ1) is 15.1. The normalized spacial score (nSPS) is 11.1. The number of tetrazole rings is 1. The van der Waals surface area contributed by atoms with Crippen molar-refractivity contribution < 1.29 is 9.18 Å². The Labute approximate surface area is 177 Å². The van der Waals surface area contributed by atoms with Crippen LogP contribution in [0.3, 0.4) is 0 Å². The fraction of sp³-hybridized carbons (Fsp3) is 0.136. The summed E-state index contributed by atoms with van der Waals surface area (Å²) in [6.45, 7) is 2.28. The molecule has 1 N–H and O–H groups in total. The van der Waals surface area contributed by atoms with Gasteiger partial charge in [-0.1, -0.05) is 18.2 Å². The molecule has 1 amide bonds. The molecule has 0 aliphatic carbocycles. The van der Waals surface area contributed by atoms with Crippen LogP contribution < -0.4 is 5.32 Å². The summed E-state index contributed by atoms with van der Waals surface area (Å²) in [7, 11) is 0. The van der Waals surface area contributed by atoms with Crippen LogP contribution in [0.25, 0.3) is 22.7 Å². The van der Waals surface area contributed by atoms with E-state index in [2.05, 4.69) is 26.9 Å². The summed E-state index contributed by atoms with van der Waals surface area (Å²) in [5.74, 6) is -0.501. The number of anilines is 1. The van der Waals surface area contributed by atoms with Gasteiger partial charge in [0.2, 0.25) is 5.91 Å². The third-order valence-corrected chi connectivity index (χ3v) is 4.78. The lowest BCUT2D eigenvalue weighted by molar-refractivity contribution is -0.111. The molecule has 0 fully saturated rings. The predicted octanol–water partition coefficient (Wildman–Crippen LogP) is 3.63. The maximum atomic E-state index is 14.2. The monoisotopic (exact) mass is 415 g/mol. The Bertz CT molecular complexity index is 1330. The maximum absolute atomic E-state index is 14.2. The highest BCUT2D eigenvalue weighted by molar-refractivity contribution is 6.03. The number of rotatable bonds is 6. The van der Waals surface area contributed by atoms with E-state index in [4.69, 9.17) is 5.26 Å². The molecule has 154 valence electrons. The van der Waals surface area contributed by atoms with E-state index in [-0.39, 0.29) is 5.69 Å². The Morgan fingerprint density at radius 2 is 2.13 bits per heavy atom. The third kappa shape index (κ3) is 4.18. The first-order valence-electron chi connectivity index (χ1n) is 9.55. The predicted molar refractivity (Wildman–Crippen MR) is 114 cm³/mol. The summed E-state index contributed by atoms with van der Waals surface area (Å²) in [6, 6.07) is 14.1. The fourth-order valence-corrected chi connectivity index (χ4v) is 3.31. The highest BCUT2D eigenvalue weighted by Gasteiger charge is 2.11. The van der Waals surface area contributed by atoms with E-state index >= 15 is 0 Å². The average molecular weight is 415 g/mol. The van der Waals surface area contributed by atoms with Crippen LogP contribution in [-0.4, -0.2) is 30.7 Å². The number of aromatic nitrogens is 5. The second-order valence-electron chi connectivity index (χ2n) is 6.83. The molecule has 9 heteroatoms. The first-order valence-corrected chi connectivity index (χ1v) is 9.55. The fourth-order valence-electron chi connectivity index (χ4n) is 3.31. The quantitative estimate of drug-likeness (QED) is 0.485. The topological polar surface area (TPSA) is 101 Å². The molecule has 0 atom stereocenters. The highest BCUT2D eigenvalue weighted by Crippen LogP contribution is 2.23. The zero-order chi connectivity index (χ0) is 21.8. The SMILES string of the molecule is Cc1nnnn1-c1ccc(F)c(NC(=O)/C=C/c2cn(CCC#N)c3ccccc23)c1. The summed E-state index contributed by atoms with van der Waals surface area (Å²) < 4.78 is 17.7. The molecule has 4 aromatic rings. The van der Waals surface area contributed by atoms with Crippen molar-refractivity contribution in [2.45, 2.75) is 19.9 Å². The summed E-state index contributed by atoms with van der Waals surface area (Å²) in [4.78, 5) is 12.5. The lowest BCUT2D eigenvalue weighted by Crippen LogP contribution is -2.10. The highest BCUT2D eigenvalue weighted by atomic mass is 19.1. The van der Waals surface area contributed by atoms with Crippen LogP contribution in [0.5, 0.6) is 0 Å². The number of nitrogens with one attached hydrogen (secondary N) is 1. The number of amides is 1. The van der Waals surface area contributed by atoms with Gasteiger partial charge in [0.05, 0.1) is 23.9 Å². The molecule has 0 bridgehead atoms. The van der Waals surface area contributed by atoms with Gasteiger partial charge >= 0.3 is 0 Å². The van der Waals surface area contributed by atoms with Gasteiger partial charge in [-0.25, -0.2) is 4.39 Å². The largest absolute Gasteiger partial charge is 0.346 e. The lowest BCUT2D eigenvalue weighted by Gasteiger charge is -2.07. The van der Waals surface area contributed by atoms with E-state index < -0.39 is 11.7 Å². The van der Waals surface area contributed by atoms with Gasteiger partial charge in [-0.15, -0.1) is 5.10 Å². The smallest absolute Gasteiger partial charge is 0.248 e. The van der Waals surface area contributed by atoms with Gasteiger partial charge in [0, 0.05) is 35.3 Å². The number of carbonyl (C=O) groups is 1. The number of fused-ring (bicyclic) bond motifs is 1. The molecule has 2 heterocycles. The summed E-state index contributed by atoms with van der Waals surface area (Å²) in [5.41, 5.74) is 2.37. The van der Waals surface area contributed by atoms with Gasteiger partial charge < -0.3 is 9.88 Å². The molecular formula is C22H18FN7O. The molecule has 0 radical (unpaired) electrons. The van der Waals surface area contributed by atoms with Gasteiger partial charge in [-0.3, -0.25) is 4.79 Å². The summed E-state index contributed by atoms with van der Waals surface area (Å²) in [6.07, 6.45) is 5.31. The van der Waals surface area contributed by atoms with Crippen molar-refractivity contribution in [2.75, 3.05) is 5.32 Å². The molecule has 4 rings (SSSR count). The van der Waals surface area contributed by atoms with Gasteiger partial charge in [0.25, 0.3) is 0 Å². The van der Waals surface area contributed by atoms with E-state index in [0.717, 1.165) is 16.5 Å². The standard InChI is InChI=1S/C22H18FN7O/c1-15-26-27-28-30(15)17-8-9-19(23)20(13-17)25-22(31)10-7-16-14-29(12-4-11-24)21-6-3-2-5-18(16)21/h2-3,5-10,13-14H,4,12H2,1H3,(H,25,31)/b10-7+. The maximum Gasteiger partial charge on any atom is 0.248 e. The average Bonchev–Trinajstić information content (AvgIpc) is 3.36. The van der Waals surface area contributed by atoms with Crippen molar-refractivity contribution in [2.24, 2.45) is 0 Å². The number of hydrogen-bond donors (Lipinski definition) is 1. The Kier molecular flexibility index (Phi) is 5.53. The zero-order valence-corrected chi connectivity index (χ0v) is 16.7. The van der Waals surface area contributed by atoms with Gasteiger partial charge in [0.1, 0.15) is 5.82 Å². The Morgan fingerprint density at radius 1 is 1.29 bits per heavy atom. The molecule has 0 aliphatic heterocycles. The van der Waals surface area contributed by atoms with Crippen LogP contribution in [0.15, 0.2) is 54.7 Å². The summed E-state index contributed by atoms with van der Waals surface area (Å²) >= 11 is 0. The molecule has 8 nitrogen and oxygen atoms in total. The first kappa shape index (κ1) is 20.0. The number of nitrogens with zero attached hydrogens (tertiary/aromatic N) is 6. The molecule has 2 aromatic carbocycles. The third-order valence-electron chi connectivity index (χ3n) is 4.78. The molecule has 0 aliphatic rings. The Balaban J connectivity index is 1.56. The van der Waals surface area contributed by atoms with Gasteiger partial charge in [-0.2, -0.15) is 9.94 Å². The molecule has 0 unspecified atom stereocenters. The number of para-hydroxylation sites is 1. The van der Waals surface area contributed by atoms with Crippen molar-refractivity contribution in [1.82, 2.24) is 24.8 Å². The lowest BCUT2D eigenvalue weighted by atomic mass is 10.1. The van der Waals surface area contributed by atoms with E-state index in [1.165, 1.54) is 29.0 Å². The Hall–Kier alpha value is -4.32. The summed E-state index contributed by atoms with van der Waals surface area (Å²) in [5, 5.41) is 23.6. The minimum absolute atomic E-state index is 0.0264. The Morgan fingerprint density at radius 3 is 2.90 bits per heavy atom. The van der Waals surface area contributed by atoms with Crippen molar-refractivity contribution in [3.05, 3.63) is 71.9 Å². The van der Waals surface area contributed by atoms with Gasteiger partial charge in [0.15, 0.2) is 5.82 Å². The van der Waals surface area contributed by atoms with Crippen LogP contribution in [0, 0.1) is 24.1 Å². The number of aryl methyl sites for hydroxylation is 2. The van der Waals surface area contributed by atoms with Crippen molar-refractivity contribution in [3.63, 3.8) is 0 Å². The number of benzene rings is 2. The number of carbonyl (C=O) groups excluding carboxylic acids is 1. The second-order valence-corrected chi connectivity index (χ2v) is 6.83. The molecule has 2 aromatic heterocycles. The molecule has 0 saturated heterocycles.